The third-order valence-corrected chi connectivity index (χ3v) is 4.33. The van der Waals surface area contributed by atoms with E-state index in [-0.39, 0.29) is 11.3 Å². The average molecular weight is 330 g/mol. The van der Waals surface area contributed by atoms with Gasteiger partial charge in [-0.2, -0.15) is 0 Å². The number of ether oxygens (including phenoxy) is 1. The van der Waals surface area contributed by atoms with Crippen LogP contribution in [0.3, 0.4) is 0 Å². The summed E-state index contributed by atoms with van der Waals surface area (Å²) in [6, 6.07) is 6.02. The molecule has 1 aromatic carbocycles. The molecule has 1 N–H and O–H groups in total. The minimum Gasteiger partial charge on any atom is -0.493 e. The highest BCUT2D eigenvalue weighted by molar-refractivity contribution is 14.1. The highest BCUT2D eigenvalue weighted by Gasteiger charge is 2.61. The van der Waals surface area contributed by atoms with Crippen molar-refractivity contribution in [2.75, 3.05) is 6.61 Å². The summed E-state index contributed by atoms with van der Waals surface area (Å²) in [6.07, 6.45) is 1.59. The third-order valence-electron chi connectivity index (χ3n) is 3.66. The molecule has 4 heteroatoms. The lowest BCUT2D eigenvalue weighted by Gasteiger charge is -2.26. The molecule has 3 rings (SSSR count). The van der Waals surface area contributed by atoms with Crippen LogP contribution in [0.5, 0.6) is 5.75 Å². The van der Waals surface area contributed by atoms with E-state index in [9.17, 15) is 4.79 Å². The molecule has 0 amide bonds. The van der Waals surface area contributed by atoms with E-state index in [1.165, 1.54) is 0 Å². The van der Waals surface area contributed by atoms with Crippen LogP contribution in [0.25, 0.3) is 0 Å². The second kappa shape index (κ2) is 3.35. The van der Waals surface area contributed by atoms with Crippen molar-refractivity contribution in [3.8, 4) is 5.75 Å². The summed E-state index contributed by atoms with van der Waals surface area (Å²) in [5, 5.41) is 9.12. The number of halogens is 1. The summed E-state index contributed by atoms with van der Waals surface area (Å²) < 4.78 is 6.72. The Labute approximate surface area is 107 Å². The lowest BCUT2D eigenvalue weighted by atomic mass is 9.87. The standard InChI is InChI=1S/C12H11IO3/c13-7-1-2-10-8(5-7)12(3-4-16-10)6-9(12)11(14)15/h1-2,5,9H,3-4,6H2,(H,14,15)/t9-,12-/m0/s1. The van der Waals surface area contributed by atoms with E-state index in [0.717, 1.165) is 27.7 Å². The molecule has 2 aliphatic rings. The first kappa shape index (κ1) is 10.4. The Balaban J connectivity index is 2.07. The number of hydrogen-bond acceptors (Lipinski definition) is 2. The van der Waals surface area contributed by atoms with E-state index in [1.807, 2.05) is 12.1 Å². The van der Waals surface area contributed by atoms with E-state index >= 15 is 0 Å². The summed E-state index contributed by atoms with van der Waals surface area (Å²) in [4.78, 5) is 11.1. The first-order valence-electron chi connectivity index (χ1n) is 5.29. The summed E-state index contributed by atoms with van der Waals surface area (Å²) in [5.74, 6) is -0.0181. The summed E-state index contributed by atoms with van der Waals surface area (Å²) in [7, 11) is 0. The van der Waals surface area contributed by atoms with Gasteiger partial charge in [-0.15, -0.1) is 0 Å². The van der Waals surface area contributed by atoms with Gasteiger partial charge in [0.05, 0.1) is 12.5 Å². The zero-order valence-electron chi connectivity index (χ0n) is 8.57. The fourth-order valence-corrected chi connectivity index (χ4v) is 3.19. The van der Waals surface area contributed by atoms with Crippen molar-refractivity contribution in [2.45, 2.75) is 18.3 Å². The molecule has 2 atom stereocenters. The minimum absolute atomic E-state index is 0.138. The van der Waals surface area contributed by atoms with Crippen molar-refractivity contribution >= 4 is 28.6 Å². The molecule has 0 radical (unpaired) electrons. The van der Waals surface area contributed by atoms with Gasteiger partial charge in [0.1, 0.15) is 5.75 Å². The van der Waals surface area contributed by atoms with Crippen LogP contribution >= 0.6 is 22.6 Å². The smallest absolute Gasteiger partial charge is 0.307 e. The summed E-state index contributed by atoms with van der Waals surface area (Å²) >= 11 is 2.25. The van der Waals surface area contributed by atoms with Crippen LogP contribution in [0, 0.1) is 9.49 Å². The molecule has 0 bridgehead atoms. The first-order valence-corrected chi connectivity index (χ1v) is 6.37. The summed E-state index contributed by atoms with van der Waals surface area (Å²) in [6.45, 7) is 0.636. The maximum atomic E-state index is 11.1. The molecule has 0 aromatic heterocycles. The average Bonchev–Trinajstić information content (AvgIpc) is 2.96. The maximum absolute atomic E-state index is 11.1. The van der Waals surface area contributed by atoms with Gasteiger partial charge in [-0.1, -0.05) is 0 Å². The zero-order valence-corrected chi connectivity index (χ0v) is 10.7. The molecule has 1 saturated carbocycles. The second-order valence-electron chi connectivity index (χ2n) is 4.49. The van der Waals surface area contributed by atoms with Crippen LogP contribution in [-0.2, 0) is 10.2 Å². The molecule has 1 fully saturated rings. The molecular formula is C12H11IO3. The Morgan fingerprint density at radius 2 is 2.38 bits per heavy atom. The van der Waals surface area contributed by atoms with E-state index in [4.69, 9.17) is 9.84 Å². The Kier molecular flexibility index (Phi) is 2.18. The Morgan fingerprint density at radius 1 is 1.56 bits per heavy atom. The molecule has 0 unspecified atom stereocenters. The van der Waals surface area contributed by atoms with E-state index < -0.39 is 5.97 Å². The van der Waals surface area contributed by atoms with Gasteiger partial charge in [-0.25, -0.2) is 0 Å². The normalized spacial score (nSPS) is 30.7. The predicted octanol–water partition coefficient (Wildman–Crippen LogP) is 2.42. The van der Waals surface area contributed by atoms with Crippen molar-refractivity contribution in [1.82, 2.24) is 0 Å². The monoisotopic (exact) mass is 330 g/mol. The molecule has 1 aromatic rings. The minimum atomic E-state index is -0.674. The zero-order chi connectivity index (χ0) is 11.3. The van der Waals surface area contributed by atoms with Crippen LogP contribution < -0.4 is 4.74 Å². The van der Waals surface area contributed by atoms with Crippen LogP contribution in [0.15, 0.2) is 18.2 Å². The van der Waals surface area contributed by atoms with E-state index in [1.54, 1.807) is 0 Å². The van der Waals surface area contributed by atoms with Crippen molar-refractivity contribution in [3.05, 3.63) is 27.3 Å². The lowest BCUT2D eigenvalue weighted by molar-refractivity contribution is -0.139. The topological polar surface area (TPSA) is 46.5 Å². The number of aliphatic carboxylic acids is 1. The number of hydrogen-bond donors (Lipinski definition) is 1. The second-order valence-corrected chi connectivity index (χ2v) is 5.74. The van der Waals surface area contributed by atoms with Gasteiger partial charge in [0.25, 0.3) is 0 Å². The van der Waals surface area contributed by atoms with Crippen LogP contribution in [0.1, 0.15) is 18.4 Å². The SMILES string of the molecule is O=C(O)[C@@H]1C[C@]12CCOc1ccc(I)cc12. The molecule has 3 nitrogen and oxygen atoms in total. The number of rotatable bonds is 1. The maximum Gasteiger partial charge on any atom is 0.307 e. The fourth-order valence-electron chi connectivity index (χ4n) is 2.70. The summed E-state index contributed by atoms with van der Waals surface area (Å²) in [5.41, 5.74) is 0.957. The lowest BCUT2D eigenvalue weighted by Crippen LogP contribution is -2.24. The molecule has 0 saturated heterocycles. The molecule has 84 valence electrons. The van der Waals surface area contributed by atoms with Crippen molar-refractivity contribution in [2.24, 2.45) is 5.92 Å². The van der Waals surface area contributed by atoms with Crippen LogP contribution in [0.2, 0.25) is 0 Å². The van der Waals surface area contributed by atoms with Gasteiger partial charge in [-0.05, 0) is 53.6 Å². The van der Waals surface area contributed by atoms with Crippen LogP contribution in [-0.4, -0.2) is 17.7 Å². The van der Waals surface area contributed by atoms with Gasteiger partial charge >= 0.3 is 5.97 Å². The number of benzene rings is 1. The van der Waals surface area contributed by atoms with Gasteiger partial charge in [0.2, 0.25) is 0 Å². The van der Waals surface area contributed by atoms with Gasteiger partial charge in [-0.3, -0.25) is 4.79 Å². The van der Waals surface area contributed by atoms with Crippen LogP contribution in [0.4, 0.5) is 0 Å². The highest BCUT2D eigenvalue weighted by Crippen LogP contribution is 2.60. The quantitative estimate of drug-likeness (QED) is 0.805. The third kappa shape index (κ3) is 1.35. The first-order chi connectivity index (χ1) is 7.63. The number of carboxylic acid groups (broad SMARTS) is 1. The van der Waals surface area contributed by atoms with Crippen molar-refractivity contribution < 1.29 is 14.6 Å². The number of carbonyl (C=O) groups is 1. The van der Waals surface area contributed by atoms with Gasteiger partial charge in [0.15, 0.2) is 0 Å². The Morgan fingerprint density at radius 3 is 3.06 bits per heavy atom. The molecule has 1 aliphatic carbocycles. The molecular weight excluding hydrogens is 319 g/mol. The molecule has 1 spiro atoms. The van der Waals surface area contributed by atoms with Crippen molar-refractivity contribution in [1.29, 1.82) is 0 Å². The molecule has 16 heavy (non-hydrogen) atoms. The molecule has 1 aliphatic heterocycles. The number of fused-ring (bicyclic) bond motifs is 2. The van der Waals surface area contributed by atoms with Gasteiger partial charge in [0, 0.05) is 14.5 Å². The predicted molar refractivity (Wildman–Crippen MR) is 66.7 cm³/mol. The fraction of sp³-hybridized carbons (Fsp3) is 0.417. The Bertz CT molecular complexity index is 471. The van der Waals surface area contributed by atoms with Crippen molar-refractivity contribution in [3.63, 3.8) is 0 Å². The van der Waals surface area contributed by atoms with E-state index in [2.05, 4.69) is 28.7 Å². The number of carboxylic acids is 1. The molecule has 1 heterocycles. The van der Waals surface area contributed by atoms with E-state index in [0.29, 0.717) is 6.61 Å². The largest absolute Gasteiger partial charge is 0.493 e. The Hall–Kier alpha value is -0.780. The van der Waals surface area contributed by atoms with Gasteiger partial charge < -0.3 is 9.84 Å². The highest BCUT2D eigenvalue weighted by atomic mass is 127.